The summed E-state index contributed by atoms with van der Waals surface area (Å²) >= 11 is 0. The Kier molecular flexibility index (Phi) is 38.9. The average molecular weight is 2200 g/mol. The van der Waals surface area contributed by atoms with E-state index in [1.807, 2.05) is 52.2 Å². The molecule has 50 heteroatoms. The number of fused-ring (bicyclic) bond motifs is 6. The summed E-state index contributed by atoms with van der Waals surface area (Å²) in [5.74, 6) is -26.0. The lowest BCUT2D eigenvalue weighted by atomic mass is 10.0. The van der Waals surface area contributed by atoms with E-state index < -0.39 is 192 Å². The number of carbonyl (C=O) groups is 7. The van der Waals surface area contributed by atoms with Crippen LogP contribution in [0.1, 0.15) is 93.2 Å². The number of halogens is 16. The van der Waals surface area contributed by atoms with E-state index in [2.05, 4.69) is 32.7 Å². The molecular formula is C100H78F16N6O23S5+2. The maximum atomic E-state index is 14.5. The lowest BCUT2D eigenvalue weighted by Crippen LogP contribution is -2.40. The number of alkyl halides is 6. The Labute approximate surface area is 843 Å². The fourth-order valence-electron chi connectivity index (χ4n) is 14.1. The number of benzene rings is 11. The topological polar surface area (TPSA) is 409 Å². The summed E-state index contributed by atoms with van der Waals surface area (Å²) in [5.41, 5.74) is -5.93. The van der Waals surface area contributed by atoms with E-state index in [4.69, 9.17) is 28.2 Å². The van der Waals surface area contributed by atoms with Crippen molar-refractivity contribution in [2.45, 2.75) is 105 Å². The average Bonchev–Trinajstić information content (AvgIpc) is 0.737. The highest BCUT2D eigenvalue weighted by molar-refractivity contribution is 8.00. The molecule has 0 spiro atoms. The van der Waals surface area contributed by atoms with Crippen LogP contribution in [-0.2, 0) is 86.2 Å². The van der Waals surface area contributed by atoms with Crippen molar-refractivity contribution in [2.75, 3.05) is 26.2 Å². The summed E-state index contributed by atoms with van der Waals surface area (Å²) in [7, 11) is -26.8. The smallest absolute Gasteiger partial charge is 0.481 e. The van der Waals surface area contributed by atoms with Crippen molar-refractivity contribution >= 4 is 157 Å². The summed E-state index contributed by atoms with van der Waals surface area (Å²) in [5, 5.41) is 28.8. The molecule has 0 unspecified atom stereocenters. The largest absolute Gasteiger partial charge is 0.524 e. The lowest BCUT2D eigenvalue weighted by Gasteiger charge is -2.24. The molecule has 0 saturated heterocycles. The standard InChI is InChI=1S/C34H24F5N2O5S.C28H24N2O5S.C25H22N2O5S.C8H3F5O2.C3H4O.C2F6O5S2/c1-3-18-40-24-11-6-4-9-22(24)27(23-10-5-7-12-25(23)40)34(43)41(47(44,45)21-16-14-20(2)15-17-21)19-8-13-26(42)46-33-31(38)29(36)28(35)30(37)32(33)39;1-3-18-29-24-11-6-4-9-22(24)27(23-10-5-7-12-25(23)29)28(33)30(19-8-13-26(31)32)36(34,35)21-16-14-20(2)15-17-21;1-17-12-14-18(15-13-17)33(31,32)27(16-6-11-23(28)29)25(30)24-19-7-2-4-9-21(19)26-22-10-5-3-8-20(22)24;1-2(14)15-8-6(12)4(10)3(9)5(11)7(8)13;1-2-3-4;3-1(4,5)14(9,10)13-15(11,12)2(6,7)8/h1,4-7,9-12,14-17H,8,13,18-19H2,2H3;1,4-7,9-12,14-17H,8,13,18-19H2,2H3;2-5,7-10,12-15H,6,11,16H2,1H3,(H,28,29);1H3;1,4H,3H2;/q+1;;;;;/p+1. The highest BCUT2D eigenvalue weighted by Gasteiger charge is 2.58. The number of para-hydroxylation sites is 6. The Morgan fingerprint density at radius 2 is 0.593 bits per heavy atom. The number of carboxylic acid groups (broad SMARTS) is 2. The zero-order valence-electron chi connectivity index (χ0n) is 77.8. The van der Waals surface area contributed by atoms with E-state index in [0.29, 0.717) is 69.7 Å². The van der Waals surface area contributed by atoms with Crippen LogP contribution in [0.15, 0.2) is 233 Å². The Balaban J connectivity index is 0.000000218. The number of esters is 2. The Hall–Kier alpha value is -16.1. The fourth-order valence-corrected chi connectivity index (χ4v) is 19.9. The molecule has 0 atom stereocenters. The van der Waals surface area contributed by atoms with Crippen LogP contribution in [0.4, 0.5) is 70.2 Å². The summed E-state index contributed by atoms with van der Waals surface area (Å²) in [4.78, 5) is 91.9. The number of terminal acetylenes is 3. The second kappa shape index (κ2) is 49.6. The highest BCUT2D eigenvalue weighted by atomic mass is 32.3. The zero-order chi connectivity index (χ0) is 111. The predicted molar refractivity (Wildman–Crippen MR) is 508 cm³/mol. The molecule has 11 aromatic carbocycles. The van der Waals surface area contributed by atoms with Gasteiger partial charge in [-0.2, -0.15) is 69.9 Å². The third-order valence-corrected chi connectivity index (χ3v) is 28.9. The molecule has 0 aliphatic heterocycles. The second-order valence-electron chi connectivity index (χ2n) is 31.2. The molecule has 3 N–H and O–H groups in total. The van der Waals surface area contributed by atoms with E-state index in [9.17, 15) is 146 Å². The Morgan fingerprint density at radius 3 is 0.847 bits per heavy atom. The molecule has 0 aliphatic rings. The third-order valence-electron chi connectivity index (χ3n) is 21.0. The number of aryl methyl sites for hydroxylation is 3. The molecule has 786 valence electrons. The van der Waals surface area contributed by atoms with E-state index >= 15 is 0 Å². The zero-order valence-corrected chi connectivity index (χ0v) is 81.9. The Bertz CT molecular complexity index is 8110. The summed E-state index contributed by atoms with van der Waals surface area (Å²) in [6, 6.07) is 60.1. The molecule has 14 aromatic rings. The number of carboxylic acids is 2. The SMILES string of the molecule is C#CCO.C#CC[n+]1c2ccccc2c(C(=O)N(CCCC(=O)O)S(=O)(=O)c2ccc(C)cc2)c2ccccc21.C#CC[n+]1c2ccccc2c(C(=O)N(CCCC(=O)Oc2c(F)c(F)c(F)c(F)c2F)S(=O)(=O)c2ccc(C)cc2)c2ccccc21.CC(=O)Oc1c(F)c(F)c(F)c(F)c1F.Cc1ccc(S(=O)(=O)N(CCCC(=O)O)C(=O)c2c3ccccc3nc3ccccc23)cc1.O=S(=O)(OS(=O)(=O)C(F)(F)F)C(F)(F)F. The number of carbonyl (C=O) groups excluding carboxylic acids is 5. The van der Waals surface area contributed by atoms with Crippen molar-refractivity contribution in [3.8, 4) is 48.5 Å². The van der Waals surface area contributed by atoms with Crippen molar-refractivity contribution < 1.29 is 183 Å². The summed E-state index contributed by atoms with van der Waals surface area (Å²) in [6.07, 6.45) is 14.0. The first-order chi connectivity index (χ1) is 70.4. The van der Waals surface area contributed by atoms with Crippen molar-refractivity contribution in [2.24, 2.45) is 0 Å². The van der Waals surface area contributed by atoms with E-state index in [-0.39, 0.29) is 89.8 Å². The minimum atomic E-state index is -6.85. The number of aliphatic hydroxyl groups is 1. The normalized spacial score (nSPS) is 11.5. The van der Waals surface area contributed by atoms with Crippen LogP contribution in [-0.4, -0.2) is 154 Å². The van der Waals surface area contributed by atoms with Crippen molar-refractivity contribution in [3.05, 3.63) is 310 Å². The maximum Gasteiger partial charge on any atom is 0.524 e. The van der Waals surface area contributed by atoms with Gasteiger partial charge in [0, 0.05) is 80.9 Å². The number of aromatic nitrogens is 3. The van der Waals surface area contributed by atoms with Gasteiger partial charge in [-0.15, -0.1) is 22.9 Å². The number of nitrogens with zero attached hydrogens (tertiary/aromatic N) is 6. The van der Waals surface area contributed by atoms with Crippen LogP contribution >= 0.6 is 0 Å². The van der Waals surface area contributed by atoms with Crippen LogP contribution in [0.2, 0.25) is 0 Å². The molecule has 3 aromatic heterocycles. The van der Waals surface area contributed by atoms with Crippen LogP contribution in [0.5, 0.6) is 11.5 Å². The van der Waals surface area contributed by atoms with Gasteiger partial charge in [0.05, 0.1) is 64.0 Å². The molecule has 0 bridgehead atoms. The van der Waals surface area contributed by atoms with Gasteiger partial charge in [0.2, 0.25) is 105 Å². The summed E-state index contributed by atoms with van der Waals surface area (Å²) < 4.78 is 338. The van der Waals surface area contributed by atoms with Gasteiger partial charge in [0.15, 0.2) is 0 Å². The van der Waals surface area contributed by atoms with Gasteiger partial charge in [-0.3, -0.25) is 33.6 Å². The van der Waals surface area contributed by atoms with Crippen LogP contribution in [0, 0.1) is 116 Å². The monoisotopic (exact) mass is 2190 g/mol. The van der Waals surface area contributed by atoms with E-state index in [1.165, 1.54) is 48.5 Å². The molecule has 150 heavy (non-hydrogen) atoms. The first-order valence-electron chi connectivity index (χ1n) is 42.9. The molecule has 0 radical (unpaired) electrons. The number of aliphatic hydroxyl groups excluding tert-OH is 1. The molecule has 3 amide bonds. The van der Waals surface area contributed by atoms with Crippen LogP contribution in [0.3, 0.4) is 0 Å². The Morgan fingerprint density at radius 1 is 0.353 bits per heavy atom. The van der Waals surface area contributed by atoms with Gasteiger partial charge >= 0.3 is 55.1 Å². The third kappa shape index (κ3) is 27.1. The van der Waals surface area contributed by atoms with Gasteiger partial charge in [-0.05, 0) is 125 Å². The minimum Gasteiger partial charge on any atom is -0.481 e. The number of amides is 3. The quantitative estimate of drug-likeness (QED) is 0.00495. The van der Waals surface area contributed by atoms with Gasteiger partial charge in [0.25, 0.3) is 47.8 Å². The van der Waals surface area contributed by atoms with Crippen LogP contribution < -0.4 is 18.6 Å². The second-order valence-corrected chi connectivity index (χ2v) is 40.1. The predicted octanol–water partition coefficient (Wildman–Crippen LogP) is 17.1. The van der Waals surface area contributed by atoms with E-state index in [0.717, 1.165) is 32.2 Å². The van der Waals surface area contributed by atoms with Crippen molar-refractivity contribution in [1.29, 1.82) is 0 Å². The van der Waals surface area contributed by atoms with Gasteiger partial charge in [-0.25, -0.2) is 69.5 Å². The first-order valence-corrected chi connectivity index (χ1v) is 50.0. The van der Waals surface area contributed by atoms with Crippen LogP contribution in [0.25, 0.3) is 65.4 Å². The van der Waals surface area contributed by atoms with Gasteiger partial charge in [0.1, 0.15) is 6.61 Å². The van der Waals surface area contributed by atoms with Gasteiger partial charge < -0.3 is 24.8 Å². The molecule has 0 fully saturated rings. The molecule has 3 heterocycles. The molecule has 29 nitrogen and oxygen atoms in total. The number of pyridine rings is 3. The molecule has 0 aliphatic carbocycles. The van der Waals surface area contributed by atoms with Crippen molar-refractivity contribution in [3.63, 3.8) is 0 Å². The first kappa shape index (κ1) is 118. The molecule has 14 rings (SSSR count). The number of sulfonamides is 3. The number of ether oxygens (including phenoxy) is 2. The maximum absolute atomic E-state index is 14.5. The number of hydrogen-bond donors (Lipinski definition) is 3. The number of aliphatic carboxylic acids is 2. The number of hydrogen-bond acceptors (Lipinski definition) is 22. The van der Waals surface area contributed by atoms with E-state index in [1.54, 1.807) is 157 Å². The van der Waals surface area contributed by atoms with Crippen molar-refractivity contribution in [1.82, 2.24) is 17.9 Å². The molecular weight excluding hydrogens is 2120 g/mol. The van der Waals surface area contributed by atoms with Gasteiger partial charge in [-0.1, -0.05) is 144 Å². The summed E-state index contributed by atoms with van der Waals surface area (Å²) in [6.45, 7) is 5.27. The lowest BCUT2D eigenvalue weighted by molar-refractivity contribution is -0.632. The minimum absolute atomic E-state index is 0.00683. The molecule has 0 saturated carbocycles. The highest BCUT2D eigenvalue weighted by Crippen LogP contribution is 2.38. The fraction of sp³-hybridized carbons (Fsp3) is 0.180. The number of rotatable bonds is 27.